The molecule has 0 unspecified atom stereocenters. The van der Waals surface area contributed by atoms with E-state index >= 15 is 0 Å². The second kappa shape index (κ2) is 4.50. The smallest absolute Gasteiger partial charge is 0.232 e. The number of halogens is 1. The maximum absolute atomic E-state index is 12.6. The van der Waals surface area contributed by atoms with Crippen LogP contribution in [0.4, 0.5) is 5.69 Å². The zero-order valence-electron chi connectivity index (χ0n) is 11.1. The third-order valence-electron chi connectivity index (χ3n) is 4.73. The van der Waals surface area contributed by atoms with E-state index in [-0.39, 0.29) is 18.3 Å². The molecule has 4 rings (SSSR count). The molecule has 0 N–H and O–H groups in total. The molecule has 2 atom stereocenters. The molecule has 0 aliphatic carbocycles. The first-order valence-corrected chi connectivity index (χ1v) is 6.87. The van der Waals surface area contributed by atoms with Crippen LogP contribution < -0.4 is 4.90 Å². The van der Waals surface area contributed by atoms with Crippen LogP contribution in [0.2, 0.25) is 0 Å². The van der Waals surface area contributed by atoms with Gasteiger partial charge >= 0.3 is 0 Å². The van der Waals surface area contributed by atoms with Crippen LogP contribution in [0.15, 0.2) is 18.2 Å². The monoisotopic (exact) mass is 278 g/mol. The molecule has 1 aromatic carbocycles. The number of anilines is 1. The van der Waals surface area contributed by atoms with Crippen molar-refractivity contribution in [3.8, 4) is 0 Å². The molecule has 0 saturated carbocycles. The number of fused-ring (bicyclic) bond motifs is 2. The van der Waals surface area contributed by atoms with E-state index < -0.39 is 0 Å². The van der Waals surface area contributed by atoms with Gasteiger partial charge < -0.3 is 9.80 Å². The van der Waals surface area contributed by atoms with E-state index in [0.717, 1.165) is 32.5 Å². The fourth-order valence-corrected chi connectivity index (χ4v) is 3.97. The Kier molecular flexibility index (Phi) is 3.06. The topological polar surface area (TPSA) is 23.6 Å². The number of likely N-dealkylation sites (N-methyl/N-ethyl adjacent to an activating group) is 1. The summed E-state index contributed by atoms with van der Waals surface area (Å²) in [5.41, 5.74) is 4.05. The van der Waals surface area contributed by atoms with Crippen molar-refractivity contribution < 1.29 is 4.79 Å². The highest BCUT2D eigenvalue weighted by molar-refractivity contribution is 6.00. The van der Waals surface area contributed by atoms with Gasteiger partial charge in [-0.3, -0.25) is 4.79 Å². The van der Waals surface area contributed by atoms with Gasteiger partial charge in [-0.15, -0.1) is 12.4 Å². The molecule has 1 saturated heterocycles. The quantitative estimate of drug-likeness (QED) is 0.725. The predicted octanol–water partition coefficient (Wildman–Crippen LogP) is 2.05. The van der Waals surface area contributed by atoms with E-state index in [1.54, 1.807) is 0 Å². The molecule has 4 heteroatoms. The lowest BCUT2D eigenvalue weighted by molar-refractivity contribution is -0.122. The number of aryl methyl sites for hydroxylation is 1. The molecule has 0 radical (unpaired) electrons. The maximum atomic E-state index is 12.6. The first-order valence-electron chi connectivity index (χ1n) is 6.87. The summed E-state index contributed by atoms with van der Waals surface area (Å²) in [6.45, 7) is 2.86. The van der Waals surface area contributed by atoms with Gasteiger partial charge in [-0.2, -0.15) is 0 Å². The van der Waals surface area contributed by atoms with Gasteiger partial charge in [0.25, 0.3) is 0 Å². The third-order valence-corrected chi connectivity index (χ3v) is 4.73. The van der Waals surface area contributed by atoms with E-state index in [4.69, 9.17) is 0 Å². The minimum Gasteiger partial charge on any atom is -0.312 e. The number of amides is 1. The van der Waals surface area contributed by atoms with Crippen LogP contribution in [-0.4, -0.2) is 37.5 Å². The molecule has 19 heavy (non-hydrogen) atoms. The lowest BCUT2D eigenvalue weighted by atomic mass is 9.80. The normalized spacial score (nSPS) is 28.7. The Labute approximate surface area is 120 Å². The van der Waals surface area contributed by atoms with E-state index in [1.807, 2.05) is 0 Å². The van der Waals surface area contributed by atoms with Crippen LogP contribution in [-0.2, 0) is 11.2 Å². The number of carbonyl (C=O) groups excluding carboxylic acids is 1. The van der Waals surface area contributed by atoms with E-state index in [1.165, 1.54) is 16.8 Å². The number of hydrogen-bond acceptors (Lipinski definition) is 2. The Morgan fingerprint density at radius 1 is 1.21 bits per heavy atom. The average Bonchev–Trinajstić information content (AvgIpc) is 2.78. The van der Waals surface area contributed by atoms with Gasteiger partial charge in [0.1, 0.15) is 0 Å². The van der Waals surface area contributed by atoms with Gasteiger partial charge in [0, 0.05) is 25.6 Å². The van der Waals surface area contributed by atoms with Crippen LogP contribution >= 0.6 is 12.4 Å². The van der Waals surface area contributed by atoms with E-state index in [2.05, 4.69) is 35.0 Å². The zero-order valence-corrected chi connectivity index (χ0v) is 11.9. The van der Waals surface area contributed by atoms with Crippen molar-refractivity contribution in [3.63, 3.8) is 0 Å². The van der Waals surface area contributed by atoms with Crippen molar-refractivity contribution >= 4 is 24.0 Å². The molecule has 0 aromatic heterocycles. The van der Waals surface area contributed by atoms with Crippen LogP contribution in [0.5, 0.6) is 0 Å². The second-order valence-corrected chi connectivity index (χ2v) is 5.88. The highest BCUT2D eigenvalue weighted by Crippen LogP contribution is 2.46. The van der Waals surface area contributed by atoms with Gasteiger partial charge in [0.2, 0.25) is 5.91 Å². The van der Waals surface area contributed by atoms with E-state index in [9.17, 15) is 4.79 Å². The molecule has 1 amide bonds. The summed E-state index contributed by atoms with van der Waals surface area (Å²) in [6, 6.07) is 6.60. The fourth-order valence-electron chi connectivity index (χ4n) is 3.97. The summed E-state index contributed by atoms with van der Waals surface area (Å²) < 4.78 is 0. The average molecular weight is 279 g/mol. The first-order chi connectivity index (χ1) is 8.75. The summed E-state index contributed by atoms with van der Waals surface area (Å²) in [5, 5.41) is 0. The number of carbonyl (C=O) groups is 1. The molecular weight excluding hydrogens is 260 g/mol. The number of para-hydroxylation sites is 1. The lowest BCUT2D eigenvalue weighted by Crippen LogP contribution is -2.45. The van der Waals surface area contributed by atoms with Crippen molar-refractivity contribution in [1.29, 1.82) is 0 Å². The van der Waals surface area contributed by atoms with Crippen molar-refractivity contribution in [3.05, 3.63) is 29.3 Å². The van der Waals surface area contributed by atoms with Crippen LogP contribution in [0.3, 0.4) is 0 Å². The van der Waals surface area contributed by atoms with Crippen molar-refractivity contribution in [2.75, 3.05) is 31.6 Å². The molecule has 3 aliphatic heterocycles. The lowest BCUT2D eigenvalue weighted by Gasteiger charge is -2.40. The first kappa shape index (κ1) is 12.9. The minimum atomic E-state index is 0. The third kappa shape index (κ3) is 1.72. The van der Waals surface area contributed by atoms with Crippen molar-refractivity contribution in [2.24, 2.45) is 5.92 Å². The van der Waals surface area contributed by atoms with Crippen molar-refractivity contribution in [2.45, 2.75) is 18.8 Å². The van der Waals surface area contributed by atoms with Gasteiger partial charge in [0.15, 0.2) is 0 Å². The SMILES string of the molecule is CN1C[C@@H]2C(=O)N3CCCc4cccc(c43)[C@@H]2C1.Cl. The molecular formula is C15H19ClN2O. The van der Waals surface area contributed by atoms with Crippen LogP contribution in [0, 0.1) is 5.92 Å². The van der Waals surface area contributed by atoms with Crippen LogP contribution in [0.25, 0.3) is 0 Å². The van der Waals surface area contributed by atoms with Crippen LogP contribution in [0.1, 0.15) is 23.5 Å². The van der Waals surface area contributed by atoms with Crippen molar-refractivity contribution in [1.82, 2.24) is 4.90 Å². The van der Waals surface area contributed by atoms with Gasteiger partial charge in [-0.1, -0.05) is 18.2 Å². The number of hydrogen-bond donors (Lipinski definition) is 0. The molecule has 102 valence electrons. The Morgan fingerprint density at radius 3 is 2.84 bits per heavy atom. The number of nitrogens with zero attached hydrogens (tertiary/aromatic N) is 2. The molecule has 3 nitrogen and oxygen atoms in total. The summed E-state index contributed by atoms with van der Waals surface area (Å²) in [5.74, 6) is 0.978. The Morgan fingerprint density at radius 2 is 2.00 bits per heavy atom. The Balaban J connectivity index is 0.00000110. The molecule has 3 aliphatic rings. The summed E-state index contributed by atoms with van der Waals surface area (Å²) >= 11 is 0. The highest BCUT2D eigenvalue weighted by atomic mass is 35.5. The van der Waals surface area contributed by atoms with E-state index in [0.29, 0.717) is 11.8 Å². The molecule has 1 aromatic rings. The van der Waals surface area contributed by atoms with Gasteiger partial charge in [0.05, 0.1) is 11.6 Å². The molecule has 0 bridgehead atoms. The van der Waals surface area contributed by atoms with Gasteiger partial charge in [-0.25, -0.2) is 0 Å². The minimum absolute atomic E-state index is 0. The number of rotatable bonds is 0. The summed E-state index contributed by atoms with van der Waals surface area (Å²) in [7, 11) is 2.12. The zero-order chi connectivity index (χ0) is 12.3. The number of likely N-dealkylation sites (tertiary alicyclic amines) is 1. The number of benzene rings is 1. The summed E-state index contributed by atoms with van der Waals surface area (Å²) in [4.78, 5) is 17.0. The predicted molar refractivity (Wildman–Crippen MR) is 78.1 cm³/mol. The highest BCUT2D eigenvalue weighted by Gasteiger charge is 2.45. The fraction of sp³-hybridized carbons (Fsp3) is 0.533. The van der Waals surface area contributed by atoms with Gasteiger partial charge in [-0.05, 0) is 31.0 Å². The molecule has 0 spiro atoms. The molecule has 3 heterocycles. The standard InChI is InChI=1S/C15H18N2O.ClH/c1-16-8-12-11-6-2-4-10-5-3-7-17(14(10)11)15(18)13(12)9-16;/h2,4,6,12-13H,3,5,7-9H2,1H3;1H/t12-,13-;/m0./s1. The molecule has 1 fully saturated rings. The maximum Gasteiger partial charge on any atom is 0.232 e. The summed E-state index contributed by atoms with van der Waals surface area (Å²) in [6.07, 6.45) is 2.23. The Bertz CT molecular complexity index is 531. The Hall–Kier alpha value is -1.06. The second-order valence-electron chi connectivity index (χ2n) is 5.88. The largest absolute Gasteiger partial charge is 0.312 e.